The highest BCUT2D eigenvalue weighted by atomic mass is 35.5. The van der Waals surface area contributed by atoms with E-state index in [1.54, 1.807) is 0 Å². The molecule has 0 saturated heterocycles. The highest BCUT2D eigenvalue weighted by molar-refractivity contribution is 7.80. The molecule has 10 heteroatoms. The van der Waals surface area contributed by atoms with Crippen LogP contribution in [0.2, 0.25) is 5.02 Å². The number of ether oxygens (including phenoxy) is 1. The number of fused-ring (bicyclic) bond motifs is 1. The first-order valence-electron chi connectivity index (χ1n) is 7.88. The van der Waals surface area contributed by atoms with Crippen LogP contribution < -0.4 is 10.6 Å². The van der Waals surface area contributed by atoms with Crippen molar-refractivity contribution >= 4 is 56.9 Å². The number of aryl methyl sites for hydroxylation is 1. The molecule has 0 atom stereocenters. The average Bonchev–Trinajstić information content (AvgIpc) is 3.15. The number of thiocarbonyl (C=S) groups is 1. The number of nitrogens with one attached hydrogen (secondary N) is 2. The van der Waals surface area contributed by atoms with Crippen molar-refractivity contribution in [3.63, 3.8) is 0 Å². The number of alkyl halides is 3. The third-order valence-electron chi connectivity index (χ3n) is 4.07. The zero-order valence-corrected chi connectivity index (χ0v) is 16.4. The summed E-state index contributed by atoms with van der Waals surface area (Å²) in [6.07, 6.45) is -2.03. The lowest BCUT2D eigenvalue weighted by Crippen LogP contribution is -2.22. The molecule has 0 amide bonds. The number of carbonyl (C=O) groups is 1. The van der Waals surface area contributed by atoms with Crippen molar-refractivity contribution in [1.29, 1.82) is 0 Å². The lowest BCUT2D eigenvalue weighted by Gasteiger charge is -2.16. The predicted molar refractivity (Wildman–Crippen MR) is 104 cm³/mol. The minimum atomic E-state index is -4.59. The van der Waals surface area contributed by atoms with E-state index in [1.165, 1.54) is 30.6 Å². The van der Waals surface area contributed by atoms with Crippen LogP contribution in [-0.4, -0.2) is 18.2 Å². The van der Waals surface area contributed by atoms with Crippen LogP contribution in [0.5, 0.6) is 0 Å². The molecule has 1 aromatic heterocycles. The van der Waals surface area contributed by atoms with Gasteiger partial charge in [-0.3, -0.25) is 0 Å². The van der Waals surface area contributed by atoms with Crippen LogP contribution in [-0.2, 0) is 23.8 Å². The van der Waals surface area contributed by atoms with Crippen molar-refractivity contribution in [3.8, 4) is 0 Å². The van der Waals surface area contributed by atoms with E-state index in [2.05, 4.69) is 10.6 Å². The van der Waals surface area contributed by atoms with Crippen LogP contribution in [0.15, 0.2) is 18.2 Å². The van der Waals surface area contributed by atoms with Gasteiger partial charge in [-0.25, -0.2) is 4.79 Å². The fourth-order valence-corrected chi connectivity index (χ4v) is 4.66. The average molecular weight is 435 g/mol. The number of thiophene rings is 1. The maximum atomic E-state index is 13.2. The Kier molecular flexibility index (Phi) is 5.64. The Balaban J connectivity index is 1.85. The number of benzene rings is 1. The molecular weight excluding hydrogens is 421 g/mol. The first-order chi connectivity index (χ1) is 12.7. The Hall–Kier alpha value is -1.84. The van der Waals surface area contributed by atoms with Gasteiger partial charge >= 0.3 is 12.1 Å². The molecule has 2 N–H and O–H groups in total. The molecule has 0 bridgehead atoms. The SMILES string of the molecule is COC(=O)c1c(NC(=S)Nc2ccc(Cl)cc2C(F)(F)F)sc2c1CCC2. The fourth-order valence-electron chi connectivity index (χ4n) is 2.93. The Morgan fingerprint density at radius 1 is 1.30 bits per heavy atom. The molecule has 0 saturated carbocycles. The van der Waals surface area contributed by atoms with Crippen molar-refractivity contribution < 1.29 is 22.7 Å². The monoisotopic (exact) mass is 434 g/mol. The van der Waals surface area contributed by atoms with Gasteiger partial charge < -0.3 is 15.4 Å². The summed E-state index contributed by atoms with van der Waals surface area (Å²) < 4.78 is 44.5. The number of hydrogen-bond acceptors (Lipinski definition) is 4. The molecule has 1 aromatic carbocycles. The summed E-state index contributed by atoms with van der Waals surface area (Å²) in [5.74, 6) is -0.498. The second-order valence-corrected chi connectivity index (χ2v) is 7.77. The third kappa shape index (κ3) is 4.20. The normalized spacial score (nSPS) is 13.2. The van der Waals surface area contributed by atoms with Gasteiger partial charge in [0.25, 0.3) is 0 Å². The van der Waals surface area contributed by atoms with E-state index in [1.807, 2.05) is 0 Å². The van der Waals surface area contributed by atoms with Crippen molar-refractivity contribution in [1.82, 2.24) is 0 Å². The molecule has 27 heavy (non-hydrogen) atoms. The minimum absolute atomic E-state index is 0.0330. The summed E-state index contributed by atoms with van der Waals surface area (Å²) in [5.41, 5.74) is 0.153. The summed E-state index contributed by atoms with van der Waals surface area (Å²) in [5, 5.41) is 5.74. The molecule has 0 aliphatic heterocycles. The van der Waals surface area contributed by atoms with Gasteiger partial charge in [-0.05, 0) is 55.2 Å². The number of rotatable bonds is 3. The number of esters is 1. The van der Waals surface area contributed by atoms with Crippen LogP contribution in [0.1, 0.15) is 32.8 Å². The van der Waals surface area contributed by atoms with Gasteiger partial charge in [-0.1, -0.05) is 11.6 Å². The highest BCUT2D eigenvalue weighted by Gasteiger charge is 2.34. The Morgan fingerprint density at radius 3 is 2.70 bits per heavy atom. The minimum Gasteiger partial charge on any atom is -0.465 e. The predicted octanol–water partition coefficient (Wildman–Crippen LogP) is 5.50. The Morgan fingerprint density at radius 2 is 2.04 bits per heavy atom. The zero-order valence-electron chi connectivity index (χ0n) is 14.0. The van der Waals surface area contributed by atoms with Crippen molar-refractivity contribution in [2.45, 2.75) is 25.4 Å². The van der Waals surface area contributed by atoms with Crippen LogP contribution in [0.3, 0.4) is 0 Å². The van der Waals surface area contributed by atoms with E-state index in [0.717, 1.165) is 35.8 Å². The van der Waals surface area contributed by atoms with E-state index in [-0.39, 0.29) is 15.8 Å². The molecule has 1 aliphatic carbocycles. The summed E-state index contributed by atoms with van der Waals surface area (Å²) in [7, 11) is 1.28. The Labute approximate surface area is 167 Å². The lowest BCUT2D eigenvalue weighted by atomic mass is 10.1. The van der Waals surface area contributed by atoms with Gasteiger partial charge in [0, 0.05) is 9.90 Å². The summed E-state index contributed by atoms with van der Waals surface area (Å²) in [6.45, 7) is 0. The standard InChI is InChI=1S/C17H14ClF3N2O2S2/c1-25-15(24)13-9-3-2-4-12(9)27-14(13)23-16(26)22-11-6-5-8(18)7-10(11)17(19,20)21/h5-7H,2-4H2,1H3,(H2,22,23,26). The number of carbonyl (C=O) groups excluding carboxylic acids is 1. The van der Waals surface area contributed by atoms with E-state index in [9.17, 15) is 18.0 Å². The lowest BCUT2D eigenvalue weighted by molar-refractivity contribution is -0.136. The maximum Gasteiger partial charge on any atom is 0.418 e. The molecule has 0 radical (unpaired) electrons. The fraction of sp³-hybridized carbons (Fsp3) is 0.294. The second kappa shape index (κ2) is 7.65. The number of anilines is 2. The molecule has 2 aromatic rings. The first-order valence-corrected chi connectivity index (χ1v) is 9.48. The quantitative estimate of drug-likeness (QED) is 0.493. The molecule has 1 heterocycles. The van der Waals surface area contributed by atoms with E-state index < -0.39 is 17.7 Å². The van der Waals surface area contributed by atoms with Crippen molar-refractivity contribution in [2.24, 2.45) is 0 Å². The van der Waals surface area contributed by atoms with Crippen molar-refractivity contribution in [2.75, 3.05) is 17.7 Å². The first kappa shape index (κ1) is 19.9. The topological polar surface area (TPSA) is 50.4 Å². The van der Waals surface area contributed by atoms with Gasteiger partial charge in [-0.15, -0.1) is 11.3 Å². The number of methoxy groups -OCH3 is 1. The molecule has 0 spiro atoms. The largest absolute Gasteiger partial charge is 0.465 e. The van der Waals surface area contributed by atoms with Gasteiger partial charge in [0.05, 0.1) is 23.9 Å². The van der Waals surface area contributed by atoms with Crippen LogP contribution in [0.4, 0.5) is 23.9 Å². The van der Waals surface area contributed by atoms with Gasteiger partial charge in [0.15, 0.2) is 5.11 Å². The number of halogens is 4. The highest BCUT2D eigenvalue weighted by Crippen LogP contribution is 2.40. The third-order valence-corrected chi connectivity index (χ3v) is 5.72. The van der Waals surface area contributed by atoms with E-state index >= 15 is 0 Å². The molecule has 144 valence electrons. The maximum absolute atomic E-state index is 13.2. The van der Waals surface area contributed by atoms with Crippen LogP contribution in [0.25, 0.3) is 0 Å². The number of hydrogen-bond donors (Lipinski definition) is 2. The molecule has 1 aliphatic rings. The smallest absolute Gasteiger partial charge is 0.418 e. The summed E-state index contributed by atoms with van der Waals surface area (Å²) in [6, 6.07) is 3.36. The molecule has 0 unspecified atom stereocenters. The summed E-state index contributed by atoms with van der Waals surface area (Å²) >= 11 is 12.2. The zero-order chi connectivity index (χ0) is 19.8. The van der Waals surface area contributed by atoms with Crippen molar-refractivity contribution in [3.05, 3.63) is 44.8 Å². The van der Waals surface area contributed by atoms with E-state index in [0.29, 0.717) is 10.6 Å². The Bertz CT molecular complexity index is 912. The van der Waals surface area contributed by atoms with Crippen LogP contribution >= 0.6 is 35.2 Å². The second-order valence-electron chi connectivity index (χ2n) is 5.82. The van der Waals surface area contributed by atoms with E-state index in [4.69, 9.17) is 28.6 Å². The molecule has 0 fully saturated rings. The molecule has 3 rings (SSSR count). The van der Waals surface area contributed by atoms with Gasteiger partial charge in [0.2, 0.25) is 0 Å². The summed E-state index contributed by atoms with van der Waals surface area (Å²) in [4.78, 5) is 13.2. The van der Waals surface area contributed by atoms with Crippen LogP contribution in [0, 0.1) is 0 Å². The van der Waals surface area contributed by atoms with Gasteiger partial charge in [0.1, 0.15) is 5.00 Å². The molecular formula is C17H14ClF3N2O2S2. The molecule has 4 nitrogen and oxygen atoms in total. The van der Waals surface area contributed by atoms with Gasteiger partial charge in [-0.2, -0.15) is 13.2 Å².